The minimum Gasteiger partial charge on any atom is -0.488 e. The normalized spacial score (nSPS) is 11.7. The van der Waals surface area contributed by atoms with Crippen LogP contribution in [0.1, 0.15) is 36.1 Å². The topological polar surface area (TPSA) is 53.2 Å². The quantitative estimate of drug-likeness (QED) is 0.911. The van der Waals surface area contributed by atoms with Gasteiger partial charge in [0, 0.05) is 11.1 Å². The van der Waals surface area contributed by atoms with Crippen molar-refractivity contribution in [1.29, 1.82) is 5.26 Å². The summed E-state index contributed by atoms with van der Waals surface area (Å²) in [7, 11) is 0. The SMILES string of the molecule is CC[C@H](O)c1ccccc1OCc1cccc(C#N)c1F. The molecule has 0 bridgehead atoms. The summed E-state index contributed by atoms with van der Waals surface area (Å²) in [6.45, 7) is 1.88. The predicted octanol–water partition coefficient (Wildman–Crippen LogP) is 3.72. The molecule has 1 N–H and O–H groups in total. The summed E-state index contributed by atoms with van der Waals surface area (Å²) in [4.78, 5) is 0. The van der Waals surface area contributed by atoms with Gasteiger partial charge in [-0.25, -0.2) is 4.39 Å². The third kappa shape index (κ3) is 3.39. The molecule has 1 atom stereocenters. The van der Waals surface area contributed by atoms with Gasteiger partial charge in [-0.1, -0.05) is 37.3 Å². The Morgan fingerprint density at radius 1 is 1.24 bits per heavy atom. The van der Waals surface area contributed by atoms with Crippen LogP contribution in [0.5, 0.6) is 5.75 Å². The molecule has 0 aromatic heterocycles. The Labute approximate surface area is 123 Å². The molecule has 0 aliphatic heterocycles. The monoisotopic (exact) mass is 285 g/mol. The van der Waals surface area contributed by atoms with Gasteiger partial charge in [0.05, 0.1) is 11.7 Å². The standard InChI is InChI=1S/C17H16FNO2/c1-2-15(20)14-8-3-4-9-16(14)21-11-13-7-5-6-12(10-19)17(13)18/h3-9,15,20H,2,11H2,1H3/t15-/m0/s1. The zero-order valence-electron chi connectivity index (χ0n) is 11.7. The van der Waals surface area contributed by atoms with Crippen LogP contribution in [-0.4, -0.2) is 5.11 Å². The Morgan fingerprint density at radius 3 is 2.71 bits per heavy atom. The van der Waals surface area contributed by atoms with E-state index in [1.165, 1.54) is 6.07 Å². The van der Waals surface area contributed by atoms with Gasteiger partial charge in [-0.15, -0.1) is 0 Å². The summed E-state index contributed by atoms with van der Waals surface area (Å²) in [6, 6.07) is 13.6. The van der Waals surface area contributed by atoms with Crippen LogP contribution < -0.4 is 4.74 Å². The van der Waals surface area contributed by atoms with Crippen molar-refractivity contribution in [2.75, 3.05) is 0 Å². The van der Waals surface area contributed by atoms with Crippen molar-refractivity contribution in [2.45, 2.75) is 26.1 Å². The van der Waals surface area contributed by atoms with Crippen molar-refractivity contribution in [3.05, 3.63) is 65.0 Å². The third-order valence-corrected chi connectivity index (χ3v) is 3.25. The van der Waals surface area contributed by atoms with Crippen LogP contribution >= 0.6 is 0 Å². The highest BCUT2D eigenvalue weighted by atomic mass is 19.1. The van der Waals surface area contributed by atoms with Gasteiger partial charge >= 0.3 is 0 Å². The van der Waals surface area contributed by atoms with Crippen LogP contribution in [0.15, 0.2) is 42.5 Å². The number of benzene rings is 2. The molecule has 21 heavy (non-hydrogen) atoms. The van der Waals surface area contributed by atoms with E-state index in [1.807, 2.05) is 13.0 Å². The number of hydrogen-bond donors (Lipinski definition) is 1. The molecule has 0 aliphatic rings. The van der Waals surface area contributed by atoms with Gasteiger partial charge in [0.1, 0.15) is 24.2 Å². The highest BCUT2D eigenvalue weighted by Crippen LogP contribution is 2.27. The molecule has 0 saturated heterocycles. The lowest BCUT2D eigenvalue weighted by Crippen LogP contribution is -2.04. The molecule has 0 aliphatic carbocycles. The minimum atomic E-state index is -0.614. The highest BCUT2D eigenvalue weighted by molar-refractivity contribution is 5.37. The summed E-state index contributed by atoms with van der Waals surface area (Å²) in [5, 5.41) is 18.8. The van der Waals surface area contributed by atoms with E-state index in [-0.39, 0.29) is 12.2 Å². The highest BCUT2D eigenvalue weighted by Gasteiger charge is 2.13. The Bertz CT molecular complexity index is 664. The Balaban J connectivity index is 2.20. The number of nitriles is 1. The second-order valence-electron chi connectivity index (χ2n) is 4.64. The minimum absolute atomic E-state index is 0.00187. The number of aliphatic hydroxyl groups excluding tert-OH is 1. The van der Waals surface area contributed by atoms with Gasteiger partial charge in [-0.2, -0.15) is 5.26 Å². The first kappa shape index (κ1) is 15.0. The third-order valence-electron chi connectivity index (χ3n) is 3.25. The molecule has 2 aromatic carbocycles. The Morgan fingerprint density at radius 2 is 2.00 bits per heavy atom. The maximum atomic E-state index is 13.9. The number of aliphatic hydroxyl groups is 1. The molecule has 108 valence electrons. The van der Waals surface area contributed by atoms with Crippen molar-refractivity contribution in [3.8, 4) is 11.8 Å². The number of halogens is 1. The number of ether oxygens (including phenoxy) is 1. The van der Waals surface area contributed by atoms with Crippen LogP contribution in [0.25, 0.3) is 0 Å². The van der Waals surface area contributed by atoms with Crippen molar-refractivity contribution in [3.63, 3.8) is 0 Å². The van der Waals surface area contributed by atoms with Gasteiger partial charge in [0.25, 0.3) is 0 Å². The Hall–Kier alpha value is -2.38. The molecule has 0 heterocycles. The zero-order valence-corrected chi connectivity index (χ0v) is 11.7. The lowest BCUT2D eigenvalue weighted by atomic mass is 10.1. The number of para-hydroxylation sites is 1. The molecule has 0 fully saturated rings. The summed E-state index contributed by atoms with van der Waals surface area (Å²) in [5.41, 5.74) is 0.990. The summed E-state index contributed by atoms with van der Waals surface area (Å²) in [5.74, 6) is -0.0397. The predicted molar refractivity (Wildman–Crippen MR) is 77.1 cm³/mol. The molecule has 0 amide bonds. The summed E-state index contributed by atoms with van der Waals surface area (Å²) in [6.07, 6.45) is -0.0463. The van der Waals surface area contributed by atoms with Gasteiger partial charge in [0.15, 0.2) is 0 Å². The van der Waals surface area contributed by atoms with E-state index in [4.69, 9.17) is 10.00 Å². The molecule has 3 nitrogen and oxygen atoms in total. The average molecular weight is 285 g/mol. The lowest BCUT2D eigenvalue weighted by Gasteiger charge is -2.15. The maximum Gasteiger partial charge on any atom is 0.147 e. The number of rotatable bonds is 5. The smallest absolute Gasteiger partial charge is 0.147 e. The fourth-order valence-corrected chi connectivity index (χ4v) is 2.04. The van der Waals surface area contributed by atoms with Gasteiger partial charge in [0.2, 0.25) is 0 Å². The average Bonchev–Trinajstić information content (AvgIpc) is 2.53. The number of nitrogens with zero attached hydrogens (tertiary/aromatic N) is 1. The Kier molecular flexibility index (Phi) is 4.91. The van der Waals surface area contributed by atoms with E-state index < -0.39 is 11.9 Å². The maximum absolute atomic E-state index is 13.9. The second kappa shape index (κ2) is 6.87. The molecule has 2 aromatic rings. The largest absolute Gasteiger partial charge is 0.488 e. The van der Waals surface area contributed by atoms with E-state index in [9.17, 15) is 9.50 Å². The van der Waals surface area contributed by atoms with E-state index >= 15 is 0 Å². The van der Waals surface area contributed by atoms with Crippen LogP contribution in [0.2, 0.25) is 0 Å². The summed E-state index contributed by atoms with van der Waals surface area (Å²) < 4.78 is 19.6. The van der Waals surface area contributed by atoms with Crippen LogP contribution in [0.4, 0.5) is 4.39 Å². The first-order valence-electron chi connectivity index (χ1n) is 6.74. The van der Waals surface area contributed by atoms with Crippen LogP contribution in [-0.2, 0) is 6.61 Å². The molecule has 2 rings (SSSR count). The number of hydrogen-bond acceptors (Lipinski definition) is 3. The van der Waals surface area contributed by atoms with Crippen molar-refractivity contribution >= 4 is 0 Å². The van der Waals surface area contributed by atoms with Crippen LogP contribution in [0, 0.1) is 17.1 Å². The van der Waals surface area contributed by atoms with E-state index in [0.717, 1.165) is 0 Å². The van der Waals surface area contributed by atoms with E-state index in [2.05, 4.69) is 0 Å². The summed E-state index contributed by atoms with van der Waals surface area (Å²) >= 11 is 0. The molecule has 4 heteroatoms. The van der Waals surface area contributed by atoms with E-state index in [0.29, 0.717) is 23.3 Å². The fourth-order valence-electron chi connectivity index (χ4n) is 2.04. The lowest BCUT2D eigenvalue weighted by molar-refractivity contribution is 0.166. The molecule has 0 radical (unpaired) electrons. The van der Waals surface area contributed by atoms with Crippen LogP contribution in [0.3, 0.4) is 0 Å². The van der Waals surface area contributed by atoms with Gasteiger partial charge in [-0.3, -0.25) is 0 Å². The molecular formula is C17H16FNO2. The van der Waals surface area contributed by atoms with Crippen molar-refractivity contribution in [2.24, 2.45) is 0 Å². The first-order chi connectivity index (χ1) is 10.2. The molecular weight excluding hydrogens is 269 g/mol. The molecule has 0 unspecified atom stereocenters. The molecule has 0 spiro atoms. The van der Waals surface area contributed by atoms with Crippen molar-refractivity contribution < 1.29 is 14.2 Å². The molecule has 0 saturated carbocycles. The fraction of sp³-hybridized carbons (Fsp3) is 0.235. The second-order valence-corrected chi connectivity index (χ2v) is 4.64. The van der Waals surface area contributed by atoms with Gasteiger partial charge in [-0.05, 0) is 18.6 Å². The van der Waals surface area contributed by atoms with Crippen molar-refractivity contribution in [1.82, 2.24) is 0 Å². The van der Waals surface area contributed by atoms with Gasteiger partial charge < -0.3 is 9.84 Å². The zero-order chi connectivity index (χ0) is 15.2. The van der Waals surface area contributed by atoms with E-state index in [1.54, 1.807) is 36.4 Å². The first-order valence-corrected chi connectivity index (χ1v) is 6.74.